The van der Waals surface area contributed by atoms with E-state index in [0.717, 1.165) is 22.2 Å². The number of nitrogens with zero attached hydrogens (tertiary/aromatic N) is 3. The van der Waals surface area contributed by atoms with Crippen LogP contribution in [-0.4, -0.2) is 33.3 Å². The van der Waals surface area contributed by atoms with E-state index < -0.39 is 5.60 Å². The van der Waals surface area contributed by atoms with Crippen LogP contribution in [0, 0.1) is 0 Å². The molecule has 112 valence electrons. The summed E-state index contributed by atoms with van der Waals surface area (Å²) in [5, 5.41) is 12.7. The largest absolute Gasteiger partial charge is 0.386 e. The molecule has 1 N–H and O–H groups in total. The van der Waals surface area contributed by atoms with Crippen molar-refractivity contribution in [2.45, 2.75) is 45.3 Å². The third-order valence-electron chi connectivity index (χ3n) is 4.50. The Morgan fingerprint density at radius 2 is 2.05 bits per heavy atom. The van der Waals surface area contributed by atoms with Crippen molar-refractivity contribution in [3.8, 4) is 0 Å². The standard InChI is InChI=1S/C16H20ClN3O/c1-9(2)12-6-19-15(20-8-16(4,21)10(20)3)13-7-18-14(17)5-11(12)13/h5-7,9-10,21H,8H2,1-4H3/t10-,16+/m1/s1. The summed E-state index contributed by atoms with van der Waals surface area (Å²) in [6, 6.07) is 1.94. The van der Waals surface area contributed by atoms with E-state index >= 15 is 0 Å². The Hall–Kier alpha value is -1.39. The minimum atomic E-state index is -0.662. The summed E-state index contributed by atoms with van der Waals surface area (Å²) in [5.41, 5.74) is 0.503. The van der Waals surface area contributed by atoms with Crippen LogP contribution >= 0.6 is 11.6 Å². The molecule has 1 aliphatic rings. The number of fused-ring (bicyclic) bond motifs is 1. The summed E-state index contributed by atoms with van der Waals surface area (Å²) in [5.74, 6) is 1.24. The Labute approximate surface area is 129 Å². The van der Waals surface area contributed by atoms with Gasteiger partial charge in [0.15, 0.2) is 0 Å². The third-order valence-corrected chi connectivity index (χ3v) is 4.71. The van der Waals surface area contributed by atoms with E-state index in [4.69, 9.17) is 11.6 Å². The first kappa shape index (κ1) is 14.5. The van der Waals surface area contributed by atoms with Crippen LogP contribution in [0.25, 0.3) is 10.8 Å². The van der Waals surface area contributed by atoms with Crippen LogP contribution in [0.15, 0.2) is 18.5 Å². The van der Waals surface area contributed by atoms with Crippen LogP contribution in [0.2, 0.25) is 5.15 Å². The Morgan fingerprint density at radius 3 is 2.62 bits per heavy atom. The van der Waals surface area contributed by atoms with Crippen LogP contribution in [0.3, 0.4) is 0 Å². The molecular weight excluding hydrogens is 286 g/mol. The number of pyridine rings is 2. The van der Waals surface area contributed by atoms with Gasteiger partial charge in [0.25, 0.3) is 0 Å². The molecule has 2 atom stereocenters. The van der Waals surface area contributed by atoms with Gasteiger partial charge in [-0.1, -0.05) is 25.4 Å². The lowest BCUT2D eigenvalue weighted by Crippen LogP contribution is -2.67. The van der Waals surface area contributed by atoms with Gasteiger partial charge < -0.3 is 10.0 Å². The van der Waals surface area contributed by atoms with Gasteiger partial charge in [0, 0.05) is 17.8 Å². The number of aromatic nitrogens is 2. The average molecular weight is 306 g/mol. The molecule has 5 heteroatoms. The Balaban J connectivity index is 2.16. The van der Waals surface area contributed by atoms with Crippen LogP contribution in [0.5, 0.6) is 0 Å². The zero-order valence-electron chi connectivity index (χ0n) is 12.8. The molecule has 4 nitrogen and oxygen atoms in total. The van der Waals surface area contributed by atoms with Crippen molar-refractivity contribution in [3.05, 3.63) is 29.2 Å². The summed E-state index contributed by atoms with van der Waals surface area (Å²) in [6.07, 6.45) is 3.70. The minimum absolute atomic E-state index is 0.0359. The second-order valence-electron chi connectivity index (χ2n) is 6.41. The van der Waals surface area contributed by atoms with Crippen LogP contribution in [-0.2, 0) is 0 Å². The van der Waals surface area contributed by atoms with Gasteiger partial charge in [0.2, 0.25) is 0 Å². The van der Waals surface area contributed by atoms with Gasteiger partial charge in [-0.25, -0.2) is 9.97 Å². The number of aliphatic hydroxyl groups is 1. The molecule has 0 radical (unpaired) electrons. The van der Waals surface area contributed by atoms with Gasteiger partial charge in [0.05, 0.1) is 18.2 Å². The van der Waals surface area contributed by atoms with Crippen molar-refractivity contribution in [1.82, 2.24) is 9.97 Å². The lowest BCUT2D eigenvalue weighted by atomic mass is 9.86. The van der Waals surface area contributed by atoms with E-state index in [1.165, 1.54) is 0 Å². The maximum Gasteiger partial charge on any atom is 0.138 e. The van der Waals surface area contributed by atoms with Crippen LogP contribution in [0.1, 0.15) is 39.2 Å². The minimum Gasteiger partial charge on any atom is -0.386 e. The van der Waals surface area contributed by atoms with Gasteiger partial charge in [-0.2, -0.15) is 0 Å². The zero-order valence-corrected chi connectivity index (χ0v) is 13.5. The topological polar surface area (TPSA) is 49.2 Å². The second kappa shape index (κ2) is 4.82. The number of rotatable bonds is 2. The molecule has 21 heavy (non-hydrogen) atoms. The molecule has 2 aromatic heterocycles. The van der Waals surface area contributed by atoms with E-state index in [1.807, 2.05) is 26.1 Å². The fraction of sp³-hybridized carbons (Fsp3) is 0.500. The molecule has 3 rings (SSSR count). The highest BCUT2D eigenvalue weighted by Gasteiger charge is 2.46. The fourth-order valence-electron chi connectivity index (χ4n) is 2.90. The number of hydrogen-bond acceptors (Lipinski definition) is 4. The van der Waals surface area contributed by atoms with E-state index in [9.17, 15) is 5.11 Å². The molecule has 2 aromatic rings. The smallest absolute Gasteiger partial charge is 0.138 e. The molecule has 0 bridgehead atoms. The predicted octanol–water partition coefficient (Wildman–Crippen LogP) is 3.37. The Morgan fingerprint density at radius 1 is 1.33 bits per heavy atom. The third kappa shape index (κ3) is 2.27. The Bertz CT molecular complexity index is 699. The summed E-state index contributed by atoms with van der Waals surface area (Å²) < 4.78 is 0. The van der Waals surface area contributed by atoms with E-state index in [1.54, 1.807) is 6.20 Å². The summed E-state index contributed by atoms with van der Waals surface area (Å²) in [7, 11) is 0. The van der Waals surface area contributed by atoms with Gasteiger partial charge >= 0.3 is 0 Å². The van der Waals surface area contributed by atoms with Crippen molar-refractivity contribution >= 4 is 28.2 Å². The number of hydrogen-bond donors (Lipinski definition) is 1. The van der Waals surface area contributed by atoms with Crippen molar-refractivity contribution in [2.75, 3.05) is 11.4 Å². The van der Waals surface area contributed by atoms with Crippen LogP contribution < -0.4 is 4.90 Å². The van der Waals surface area contributed by atoms with Crippen molar-refractivity contribution in [1.29, 1.82) is 0 Å². The van der Waals surface area contributed by atoms with Gasteiger partial charge in [-0.3, -0.25) is 0 Å². The molecule has 0 aliphatic carbocycles. The average Bonchev–Trinajstić information content (AvgIpc) is 2.43. The molecule has 0 saturated carbocycles. The van der Waals surface area contributed by atoms with Crippen molar-refractivity contribution in [2.24, 2.45) is 0 Å². The van der Waals surface area contributed by atoms with Crippen molar-refractivity contribution in [3.63, 3.8) is 0 Å². The van der Waals surface area contributed by atoms with Crippen molar-refractivity contribution < 1.29 is 5.11 Å². The maximum absolute atomic E-state index is 10.2. The molecule has 0 amide bonds. The number of anilines is 1. The molecule has 0 spiro atoms. The molecule has 3 heterocycles. The molecule has 1 saturated heterocycles. The number of β-amino-alcohol motifs (C(OH)–C–C–N with tert-alkyl or cyclic N) is 1. The first-order valence-electron chi connectivity index (χ1n) is 7.24. The predicted molar refractivity (Wildman–Crippen MR) is 86.1 cm³/mol. The second-order valence-corrected chi connectivity index (χ2v) is 6.79. The molecule has 1 fully saturated rings. The first-order valence-corrected chi connectivity index (χ1v) is 7.62. The quantitative estimate of drug-likeness (QED) is 0.864. The molecule has 0 unspecified atom stereocenters. The summed E-state index contributed by atoms with van der Waals surface area (Å²) >= 11 is 6.06. The highest BCUT2D eigenvalue weighted by molar-refractivity contribution is 6.30. The normalized spacial score (nSPS) is 25.5. The highest BCUT2D eigenvalue weighted by atomic mass is 35.5. The van der Waals surface area contributed by atoms with Gasteiger partial charge in [-0.15, -0.1) is 0 Å². The molecule has 1 aliphatic heterocycles. The van der Waals surface area contributed by atoms with E-state index in [2.05, 4.69) is 28.7 Å². The zero-order chi connectivity index (χ0) is 15.4. The highest BCUT2D eigenvalue weighted by Crippen LogP contribution is 2.38. The monoisotopic (exact) mass is 305 g/mol. The Kier molecular flexibility index (Phi) is 3.34. The lowest BCUT2D eigenvalue weighted by molar-refractivity contribution is -0.00822. The first-order chi connectivity index (χ1) is 9.81. The molecular formula is C16H20ClN3O. The van der Waals surface area contributed by atoms with E-state index in [0.29, 0.717) is 17.6 Å². The summed E-state index contributed by atoms with van der Waals surface area (Å²) in [6.45, 7) is 8.73. The van der Waals surface area contributed by atoms with E-state index in [-0.39, 0.29) is 6.04 Å². The van der Waals surface area contributed by atoms with Gasteiger partial charge in [0.1, 0.15) is 11.0 Å². The fourth-order valence-corrected chi connectivity index (χ4v) is 3.06. The number of halogens is 1. The van der Waals surface area contributed by atoms with Gasteiger partial charge in [-0.05, 0) is 36.8 Å². The SMILES string of the molecule is CC(C)c1cnc(N2C[C@](C)(O)[C@H]2C)c2cnc(Cl)cc12. The molecule has 0 aromatic carbocycles. The van der Waals surface area contributed by atoms with Crippen LogP contribution in [0.4, 0.5) is 5.82 Å². The lowest BCUT2D eigenvalue weighted by Gasteiger charge is -2.52. The maximum atomic E-state index is 10.2. The summed E-state index contributed by atoms with van der Waals surface area (Å²) in [4.78, 5) is 10.9.